The van der Waals surface area contributed by atoms with Gasteiger partial charge < -0.3 is 9.32 Å². The van der Waals surface area contributed by atoms with Crippen molar-refractivity contribution in [1.29, 1.82) is 0 Å². The van der Waals surface area contributed by atoms with Gasteiger partial charge in [0, 0.05) is 12.3 Å². The van der Waals surface area contributed by atoms with Crippen LogP contribution in [0.15, 0.2) is 51.1 Å². The van der Waals surface area contributed by atoms with Crippen LogP contribution in [-0.4, -0.2) is 51.1 Å². The zero-order valence-corrected chi connectivity index (χ0v) is 16.7. The standard InChI is InChI=1S/C18H19N5O3S.ClH/c24-23(25)17-8-7-14(26-17)13-19-22-16-6-2-1-5-15(16)20-18(22)27-12-11-21-9-3-4-10-21;/h1-2,5-8,13H,3-4,9-12H2;1H/b19-13-;. The van der Waals surface area contributed by atoms with Gasteiger partial charge in [0.05, 0.1) is 23.3 Å². The molecule has 148 valence electrons. The summed E-state index contributed by atoms with van der Waals surface area (Å²) in [5.74, 6) is 0.963. The fourth-order valence-corrected chi connectivity index (χ4v) is 4.06. The number of hydrogen-bond acceptors (Lipinski definition) is 7. The number of thioether (sulfide) groups is 1. The molecule has 4 rings (SSSR count). The maximum absolute atomic E-state index is 10.7. The summed E-state index contributed by atoms with van der Waals surface area (Å²) in [6, 6.07) is 10.6. The zero-order valence-electron chi connectivity index (χ0n) is 15.1. The number of furan rings is 1. The highest BCUT2D eigenvalue weighted by atomic mass is 35.5. The van der Waals surface area contributed by atoms with Crippen LogP contribution in [0, 0.1) is 10.1 Å². The third-order valence-electron chi connectivity index (χ3n) is 4.44. The molecule has 2 aromatic heterocycles. The van der Waals surface area contributed by atoms with Gasteiger partial charge in [-0.3, -0.25) is 10.1 Å². The van der Waals surface area contributed by atoms with E-state index in [1.165, 1.54) is 44.3 Å². The van der Waals surface area contributed by atoms with Crippen LogP contribution in [-0.2, 0) is 0 Å². The van der Waals surface area contributed by atoms with Crippen molar-refractivity contribution >= 4 is 47.3 Å². The van der Waals surface area contributed by atoms with Crippen molar-refractivity contribution in [2.24, 2.45) is 5.10 Å². The molecule has 0 bridgehead atoms. The normalized spacial score (nSPS) is 14.7. The minimum atomic E-state index is -0.566. The second-order valence-corrected chi connectivity index (χ2v) is 7.33. The van der Waals surface area contributed by atoms with E-state index in [1.807, 2.05) is 24.3 Å². The highest BCUT2D eigenvalue weighted by Gasteiger charge is 2.14. The summed E-state index contributed by atoms with van der Waals surface area (Å²) in [6.45, 7) is 3.38. The number of imidazole rings is 1. The van der Waals surface area contributed by atoms with E-state index in [4.69, 9.17) is 4.42 Å². The average molecular weight is 422 g/mol. The molecule has 0 atom stereocenters. The molecule has 1 aliphatic rings. The molecule has 0 unspecified atom stereocenters. The molecule has 8 nitrogen and oxygen atoms in total. The van der Waals surface area contributed by atoms with Gasteiger partial charge in [-0.2, -0.15) is 5.10 Å². The molecular weight excluding hydrogens is 402 g/mol. The summed E-state index contributed by atoms with van der Waals surface area (Å²) in [5.41, 5.74) is 1.75. The van der Waals surface area contributed by atoms with Gasteiger partial charge in [0.2, 0.25) is 0 Å². The molecular formula is C18H20ClN5O3S. The first-order valence-corrected chi connectivity index (χ1v) is 9.80. The predicted octanol–water partition coefficient (Wildman–Crippen LogP) is 4.03. The predicted molar refractivity (Wildman–Crippen MR) is 112 cm³/mol. The maximum Gasteiger partial charge on any atom is 0.433 e. The Balaban J connectivity index is 0.00000225. The lowest BCUT2D eigenvalue weighted by Gasteiger charge is -2.13. The van der Waals surface area contributed by atoms with E-state index in [1.54, 1.807) is 16.4 Å². The highest BCUT2D eigenvalue weighted by molar-refractivity contribution is 7.99. The SMILES string of the molecule is Cl.O=[N+]([O-])c1ccc(/C=N\n2c(SCCN3CCCC3)nc3ccccc32)o1. The molecule has 10 heteroatoms. The summed E-state index contributed by atoms with van der Waals surface area (Å²) < 4.78 is 6.91. The van der Waals surface area contributed by atoms with Crippen molar-refractivity contribution in [3.63, 3.8) is 0 Å². The van der Waals surface area contributed by atoms with Crippen molar-refractivity contribution in [2.45, 2.75) is 18.0 Å². The van der Waals surface area contributed by atoms with Gasteiger partial charge in [-0.1, -0.05) is 23.9 Å². The molecule has 1 fully saturated rings. The summed E-state index contributed by atoms with van der Waals surface area (Å²) >= 11 is 1.66. The van der Waals surface area contributed by atoms with Crippen LogP contribution in [0.25, 0.3) is 11.0 Å². The van der Waals surface area contributed by atoms with Crippen LogP contribution in [0.5, 0.6) is 0 Å². The lowest BCUT2D eigenvalue weighted by Crippen LogP contribution is -2.22. The van der Waals surface area contributed by atoms with E-state index in [2.05, 4.69) is 15.0 Å². The highest BCUT2D eigenvalue weighted by Crippen LogP contribution is 2.24. The molecule has 1 saturated heterocycles. The quantitative estimate of drug-likeness (QED) is 0.247. The Morgan fingerprint density at radius 1 is 1.25 bits per heavy atom. The van der Waals surface area contributed by atoms with Gasteiger partial charge in [-0.15, -0.1) is 12.4 Å². The maximum atomic E-state index is 10.7. The largest absolute Gasteiger partial charge is 0.433 e. The zero-order chi connectivity index (χ0) is 18.6. The molecule has 0 amide bonds. The third kappa shape index (κ3) is 4.54. The minimum Gasteiger partial charge on any atom is -0.400 e. The number of para-hydroxylation sites is 2. The topological polar surface area (TPSA) is 89.7 Å². The number of likely N-dealkylation sites (tertiary alicyclic amines) is 1. The van der Waals surface area contributed by atoms with E-state index in [9.17, 15) is 10.1 Å². The number of benzene rings is 1. The third-order valence-corrected chi connectivity index (χ3v) is 5.35. The Morgan fingerprint density at radius 2 is 2.04 bits per heavy atom. The van der Waals surface area contributed by atoms with Crippen LogP contribution < -0.4 is 0 Å². The van der Waals surface area contributed by atoms with Crippen molar-refractivity contribution in [2.75, 3.05) is 25.4 Å². The molecule has 0 aliphatic carbocycles. The van der Waals surface area contributed by atoms with Crippen molar-refractivity contribution in [1.82, 2.24) is 14.6 Å². The molecule has 0 N–H and O–H groups in total. The Hall–Kier alpha value is -2.36. The first kappa shape index (κ1) is 20.4. The number of nitrogens with zero attached hydrogens (tertiary/aromatic N) is 5. The Labute approximate surface area is 172 Å². The van der Waals surface area contributed by atoms with E-state index in [-0.39, 0.29) is 18.3 Å². The van der Waals surface area contributed by atoms with Crippen molar-refractivity contribution < 1.29 is 9.34 Å². The molecule has 1 aromatic carbocycles. The van der Waals surface area contributed by atoms with Crippen LogP contribution in [0.4, 0.5) is 5.88 Å². The second kappa shape index (κ2) is 9.22. The minimum absolute atomic E-state index is 0. The Morgan fingerprint density at radius 3 is 2.79 bits per heavy atom. The fourth-order valence-electron chi connectivity index (χ4n) is 3.09. The van der Waals surface area contributed by atoms with Gasteiger partial charge in [0.25, 0.3) is 0 Å². The Bertz CT molecular complexity index is 981. The lowest BCUT2D eigenvalue weighted by atomic mass is 10.3. The number of hydrogen-bond donors (Lipinski definition) is 0. The number of aromatic nitrogens is 2. The first-order valence-electron chi connectivity index (χ1n) is 8.82. The number of fused-ring (bicyclic) bond motifs is 1. The summed E-state index contributed by atoms with van der Waals surface area (Å²) in [7, 11) is 0. The number of nitro groups is 1. The smallest absolute Gasteiger partial charge is 0.400 e. The van der Waals surface area contributed by atoms with Gasteiger partial charge in [0.1, 0.15) is 4.92 Å². The van der Waals surface area contributed by atoms with Crippen LogP contribution in [0.2, 0.25) is 0 Å². The van der Waals surface area contributed by atoms with Gasteiger partial charge in [-0.05, 0) is 44.1 Å². The van der Waals surface area contributed by atoms with Crippen LogP contribution in [0.3, 0.4) is 0 Å². The summed E-state index contributed by atoms with van der Waals surface area (Å²) in [5, 5.41) is 16.0. The molecule has 1 aliphatic heterocycles. The second-order valence-electron chi connectivity index (χ2n) is 6.27. The molecule has 3 heterocycles. The molecule has 0 saturated carbocycles. The van der Waals surface area contributed by atoms with Gasteiger partial charge in [0.15, 0.2) is 10.9 Å². The summed E-state index contributed by atoms with van der Waals surface area (Å²) in [6.07, 6.45) is 4.04. The molecule has 3 aromatic rings. The average Bonchev–Trinajstić information content (AvgIpc) is 3.40. The number of halogens is 1. The first-order chi connectivity index (χ1) is 13.2. The fraction of sp³-hybridized carbons (Fsp3) is 0.333. The van der Waals surface area contributed by atoms with E-state index >= 15 is 0 Å². The van der Waals surface area contributed by atoms with Crippen molar-refractivity contribution in [3.8, 4) is 0 Å². The summed E-state index contributed by atoms with van der Waals surface area (Å²) in [4.78, 5) is 17.3. The molecule has 28 heavy (non-hydrogen) atoms. The van der Waals surface area contributed by atoms with Gasteiger partial charge >= 0.3 is 5.88 Å². The van der Waals surface area contributed by atoms with Gasteiger partial charge in [-0.25, -0.2) is 9.66 Å². The van der Waals surface area contributed by atoms with Crippen molar-refractivity contribution in [3.05, 3.63) is 52.3 Å². The van der Waals surface area contributed by atoms with Crippen LogP contribution >= 0.6 is 24.2 Å². The number of rotatable bonds is 7. The van der Waals surface area contributed by atoms with E-state index in [0.29, 0.717) is 5.76 Å². The lowest BCUT2D eigenvalue weighted by molar-refractivity contribution is -0.402. The molecule has 0 radical (unpaired) electrons. The van der Waals surface area contributed by atoms with E-state index in [0.717, 1.165) is 28.5 Å². The monoisotopic (exact) mass is 421 g/mol. The Kier molecular flexibility index (Phi) is 6.71. The van der Waals surface area contributed by atoms with Crippen LogP contribution in [0.1, 0.15) is 18.6 Å². The molecule has 0 spiro atoms. The van der Waals surface area contributed by atoms with E-state index < -0.39 is 4.92 Å².